The van der Waals surface area contributed by atoms with Crippen molar-refractivity contribution in [3.63, 3.8) is 0 Å². The van der Waals surface area contributed by atoms with Crippen LogP contribution in [0.15, 0.2) is 146 Å². The maximum Gasteiger partial charge on any atom is 0.0972 e. The van der Waals surface area contributed by atoms with Crippen LogP contribution in [0.5, 0.6) is 0 Å². The van der Waals surface area contributed by atoms with Crippen molar-refractivity contribution in [2.45, 2.75) is 0 Å². The molecule has 0 aliphatic rings. The minimum Gasteiger partial charge on any atom is -0.254 e. The molecular weight excluding hydrogens is 541 g/mol. The first-order chi connectivity index (χ1) is 21.3. The summed E-state index contributed by atoms with van der Waals surface area (Å²) in [5, 5.41) is 7.43. The van der Waals surface area contributed by atoms with Crippen molar-refractivity contribution in [3.05, 3.63) is 146 Å². The SMILES string of the molecule is c1ccc(-c2c(-c3ccc(-c4ccc5ccc6cccnc6c5n4)cc3)c3ccccc3c3c2sc2ccccc23)cc1. The van der Waals surface area contributed by atoms with Gasteiger partial charge in [-0.1, -0.05) is 121 Å². The number of hydrogen-bond acceptors (Lipinski definition) is 3. The highest BCUT2D eigenvalue weighted by molar-refractivity contribution is 7.26. The molecule has 200 valence electrons. The van der Waals surface area contributed by atoms with Gasteiger partial charge in [-0.2, -0.15) is 0 Å². The van der Waals surface area contributed by atoms with Crippen LogP contribution in [0.25, 0.3) is 86.3 Å². The van der Waals surface area contributed by atoms with Crippen LogP contribution in [-0.4, -0.2) is 9.97 Å². The summed E-state index contributed by atoms with van der Waals surface area (Å²) in [6.07, 6.45) is 1.84. The second-order valence-corrected chi connectivity index (χ2v) is 12.0. The largest absolute Gasteiger partial charge is 0.254 e. The number of aromatic nitrogens is 2. The van der Waals surface area contributed by atoms with E-state index in [1.54, 1.807) is 0 Å². The van der Waals surface area contributed by atoms with Gasteiger partial charge in [0.15, 0.2) is 0 Å². The third-order valence-corrected chi connectivity index (χ3v) is 9.69. The third-order valence-electron chi connectivity index (χ3n) is 8.50. The number of pyridine rings is 2. The maximum atomic E-state index is 5.10. The van der Waals surface area contributed by atoms with E-state index in [1.807, 2.05) is 23.6 Å². The van der Waals surface area contributed by atoms with Crippen molar-refractivity contribution in [2.75, 3.05) is 0 Å². The molecule has 2 nitrogen and oxygen atoms in total. The summed E-state index contributed by atoms with van der Waals surface area (Å²) in [6.45, 7) is 0. The van der Waals surface area contributed by atoms with Gasteiger partial charge in [0.2, 0.25) is 0 Å². The van der Waals surface area contributed by atoms with E-state index >= 15 is 0 Å². The van der Waals surface area contributed by atoms with Gasteiger partial charge in [-0.15, -0.1) is 11.3 Å². The van der Waals surface area contributed by atoms with E-state index in [4.69, 9.17) is 4.98 Å². The number of nitrogens with zero attached hydrogens (tertiary/aromatic N) is 2. The van der Waals surface area contributed by atoms with Gasteiger partial charge in [-0.25, -0.2) is 4.98 Å². The van der Waals surface area contributed by atoms with Crippen LogP contribution in [0.3, 0.4) is 0 Å². The van der Waals surface area contributed by atoms with Crippen LogP contribution >= 0.6 is 11.3 Å². The summed E-state index contributed by atoms with van der Waals surface area (Å²) < 4.78 is 2.65. The molecule has 6 aromatic carbocycles. The van der Waals surface area contributed by atoms with Crippen molar-refractivity contribution in [2.24, 2.45) is 0 Å². The zero-order valence-electron chi connectivity index (χ0n) is 23.2. The van der Waals surface area contributed by atoms with Crippen molar-refractivity contribution in [1.29, 1.82) is 0 Å². The molecule has 9 aromatic rings. The molecule has 0 unspecified atom stereocenters. The van der Waals surface area contributed by atoms with E-state index in [9.17, 15) is 0 Å². The fraction of sp³-hybridized carbons (Fsp3) is 0. The normalized spacial score (nSPS) is 11.7. The van der Waals surface area contributed by atoms with Crippen molar-refractivity contribution in [1.82, 2.24) is 9.97 Å². The minimum absolute atomic E-state index is 0.937. The molecule has 0 aliphatic carbocycles. The Bertz CT molecular complexity index is 2490. The van der Waals surface area contributed by atoms with Crippen LogP contribution in [0.2, 0.25) is 0 Å². The van der Waals surface area contributed by atoms with Gasteiger partial charge in [0.1, 0.15) is 0 Å². The third kappa shape index (κ3) is 3.79. The predicted octanol–water partition coefficient (Wildman–Crippen LogP) is 11.3. The van der Waals surface area contributed by atoms with Crippen molar-refractivity contribution >= 4 is 64.1 Å². The highest BCUT2D eigenvalue weighted by Crippen LogP contribution is 2.49. The Morgan fingerprint density at radius 3 is 1.93 bits per heavy atom. The maximum absolute atomic E-state index is 5.10. The van der Waals surface area contributed by atoms with Crippen molar-refractivity contribution < 1.29 is 0 Å². The van der Waals surface area contributed by atoms with Crippen LogP contribution in [0.4, 0.5) is 0 Å². The molecule has 0 N–H and O–H groups in total. The Morgan fingerprint density at radius 2 is 1.09 bits per heavy atom. The van der Waals surface area contributed by atoms with E-state index in [0.717, 1.165) is 33.1 Å². The Balaban J connectivity index is 1.29. The quantitative estimate of drug-likeness (QED) is 0.199. The first kappa shape index (κ1) is 24.2. The fourth-order valence-corrected chi connectivity index (χ4v) is 7.82. The molecule has 0 fully saturated rings. The Hall–Kier alpha value is -5.38. The summed E-state index contributed by atoms with van der Waals surface area (Å²) in [5.41, 5.74) is 8.92. The van der Waals surface area contributed by atoms with Crippen LogP contribution in [0.1, 0.15) is 0 Å². The fourth-order valence-electron chi connectivity index (χ4n) is 6.53. The molecule has 3 heteroatoms. The molecule has 3 aromatic heterocycles. The standard InChI is InChI=1S/C40H24N2S/c1-2-9-26(10-3-1)36-35(30-12-4-5-13-31(30)37-32-14-6-7-15-34(32)43-40(36)37)27-18-16-25(17-19-27)33-23-22-29-21-20-28-11-8-24-41-38(28)39(29)42-33/h1-24H. The molecule has 9 rings (SSSR count). The molecule has 0 saturated carbocycles. The molecule has 0 amide bonds. The minimum atomic E-state index is 0.937. The molecule has 0 atom stereocenters. The highest BCUT2D eigenvalue weighted by Gasteiger charge is 2.21. The number of benzene rings is 6. The molecule has 0 aliphatic heterocycles. The number of thiophene rings is 1. The monoisotopic (exact) mass is 564 g/mol. The van der Waals surface area contributed by atoms with Crippen molar-refractivity contribution in [3.8, 4) is 33.5 Å². The molecule has 43 heavy (non-hydrogen) atoms. The predicted molar refractivity (Wildman–Crippen MR) is 184 cm³/mol. The zero-order valence-corrected chi connectivity index (χ0v) is 24.0. The van der Waals surface area contributed by atoms with E-state index in [1.165, 1.54) is 53.2 Å². The van der Waals surface area contributed by atoms with Gasteiger partial charge in [-0.05, 0) is 45.7 Å². The Labute approximate surface area is 252 Å². The lowest BCUT2D eigenvalue weighted by Crippen LogP contribution is -1.91. The lowest BCUT2D eigenvalue weighted by Gasteiger charge is -2.17. The van der Waals surface area contributed by atoms with Crippen LogP contribution in [0, 0.1) is 0 Å². The molecule has 0 radical (unpaired) electrons. The topological polar surface area (TPSA) is 25.8 Å². The van der Waals surface area contributed by atoms with E-state index < -0.39 is 0 Å². The average Bonchev–Trinajstić information content (AvgIpc) is 3.47. The summed E-state index contributed by atoms with van der Waals surface area (Å²) >= 11 is 1.89. The second kappa shape index (κ2) is 9.59. The number of rotatable bonds is 3. The van der Waals surface area contributed by atoms with Gasteiger partial charge in [0.05, 0.1) is 16.7 Å². The van der Waals surface area contributed by atoms with E-state index in [0.29, 0.717) is 0 Å². The lowest BCUT2D eigenvalue weighted by molar-refractivity contribution is 1.37. The summed E-state index contributed by atoms with van der Waals surface area (Å²) in [4.78, 5) is 9.74. The summed E-state index contributed by atoms with van der Waals surface area (Å²) in [7, 11) is 0. The molecule has 0 bridgehead atoms. The van der Waals surface area contributed by atoms with Crippen LogP contribution in [-0.2, 0) is 0 Å². The Kier molecular flexibility index (Phi) is 5.40. The molecule has 0 spiro atoms. The van der Waals surface area contributed by atoms with Gasteiger partial charge in [0, 0.05) is 48.3 Å². The first-order valence-corrected chi connectivity index (χ1v) is 15.3. The second-order valence-electron chi connectivity index (χ2n) is 11.0. The van der Waals surface area contributed by atoms with Gasteiger partial charge in [0.25, 0.3) is 0 Å². The smallest absolute Gasteiger partial charge is 0.0972 e. The van der Waals surface area contributed by atoms with E-state index in [2.05, 4.69) is 138 Å². The van der Waals surface area contributed by atoms with Gasteiger partial charge in [-0.3, -0.25) is 4.98 Å². The first-order valence-electron chi connectivity index (χ1n) is 14.5. The molecular formula is C40H24N2S. The Morgan fingerprint density at radius 1 is 0.442 bits per heavy atom. The van der Waals surface area contributed by atoms with E-state index in [-0.39, 0.29) is 0 Å². The zero-order chi connectivity index (χ0) is 28.3. The summed E-state index contributed by atoms with van der Waals surface area (Å²) in [6, 6.07) is 50.0. The molecule has 0 saturated heterocycles. The van der Waals surface area contributed by atoms with Gasteiger partial charge < -0.3 is 0 Å². The average molecular weight is 565 g/mol. The lowest BCUT2D eigenvalue weighted by atomic mass is 9.87. The number of hydrogen-bond donors (Lipinski definition) is 0. The van der Waals surface area contributed by atoms with Gasteiger partial charge >= 0.3 is 0 Å². The molecule has 3 heterocycles. The van der Waals surface area contributed by atoms with Crippen LogP contribution < -0.4 is 0 Å². The highest BCUT2D eigenvalue weighted by atomic mass is 32.1. The number of fused-ring (bicyclic) bond motifs is 8. The summed E-state index contributed by atoms with van der Waals surface area (Å²) in [5.74, 6) is 0.